The molecule has 0 saturated carbocycles. The highest BCUT2D eigenvalue weighted by Gasteiger charge is 2.23. The summed E-state index contributed by atoms with van der Waals surface area (Å²) in [5.74, 6) is 1.46. The largest absolute Gasteiger partial charge is 0.492 e. The predicted octanol–water partition coefficient (Wildman–Crippen LogP) is 2.73. The molecule has 0 bridgehead atoms. The summed E-state index contributed by atoms with van der Waals surface area (Å²) in [5.41, 5.74) is 8.02. The maximum atomic E-state index is 11.0. The minimum atomic E-state index is -0.752. The fraction of sp³-hybridized carbons (Fsp3) is 0.333. The van der Waals surface area contributed by atoms with Gasteiger partial charge in [-0.1, -0.05) is 0 Å². The van der Waals surface area contributed by atoms with Crippen LogP contribution in [0.15, 0.2) is 36.8 Å². The lowest BCUT2D eigenvalue weighted by Gasteiger charge is -2.32. The Balaban J connectivity index is 1.66. The molecule has 3 aromatic heterocycles. The number of nitriles is 1. The van der Waals surface area contributed by atoms with Gasteiger partial charge in [0.15, 0.2) is 0 Å². The maximum Gasteiger partial charge on any atom is 0.404 e. The molecule has 9 heteroatoms. The van der Waals surface area contributed by atoms with Crippen molar-refractivity contribution in [2.24, 2.45) is 5.73 Å². The topological polar surface area (TPSA) is 119 Å². The summed E-state index contributed by atoms with van der Waals surface area (Å²) in [6, 6.07) is 7.97. The zero-order chi connectivity index (χ0) is 21.1. The second-order valence-corrected chi connectivity index (χ2v) is 7.04. The lowest BCUT2D eigenvalue weighted by molar-refractivity contribution is 0.0964. The highest BCUT2D eigenvalue weighted by Crippen LogP contribution is 2.31. The van der Waals surface area contributed by atoms with Crippen LogP contribution in [0.25, 0.3) is 16.6 Å². The average molecular weight is 406 g/mol. The number of pyridine rings is 2. The van der Waals surface area contributed by atoms with E-state index in [1.807, 2.05) is 25.1 Å². The summed E-state index contributed by atoms with van der Waals surface area (Å²) >= 11 is 0. The fourth-order valence-electron chi connectivity index (χ4n) is 3.78. The Morgan fingerprint density at radius 2 is 2.27 bits per heavy atom. The van der Waals surface area contributed by atoms with Gasteiger partial charge in [-0.25, -0.2) is 14.3 Å². The van der Waals surface area contributed by atoms with Gasteiger partial charge in [0.2, 0.25) is 0 Å². The van der Waals surface area contributed by atoms with Crippen molar-refractivity contribution in [1.82, 2.24) is 14.6 Å². The first kappa shape index (κ1) is 19.5. The summed E-state index contributed by atoms with van der Waals surface area (Å²) in [7, 11) is 0. The molecule has 1 fully saturated rings. The molecule has 1 aliphatic rings. The molecule has 4 rings (SSSR count). The predicted molar refractivity (Wildman–Crippen MR) is 110 cm³/mol. The molecule has 2 N–H and O–H groups in total. The number of carbonyl (C=O) groups is 1. The first-order valence-electron chi connectivity index (χ1n) is 9.80. The highest BCUT2D eigenvalue weighted by atomic mass is 16.6. The Hall–Kier alpha value is -3.80. The molecule has 1 amide bonds. The molecule has 0 radical (unpaired) electrons. The van der Waals surface area contributed by atoms with Crippen LogP contribution in [0.3, 0.4) is 0 Å². The zero-order valence-corrected chi connectivity index (χ0v) is 16.6. The van der Waals surface area contributed by atoms with Crippen molar-refractivity contribution in [3.63, 3.8) is 0 Å². The number of nitrogens with zero attached hydrogens (tertiary/aromatic N) is 5. The molecule has 0 aliphatic carbocycles. The number of amides is 1. The molecule has 30 heavy (non-hydrogen) atoms. The number of anilines is 1. The first-order chi connectivity index (χ1) is 14.6. The Labute approximate surface area is 173 Å². The van der Waals surface area contributed by atoms with Gasteiger partial charge in [0, 0.05) is 23.9 Å². The van der Waals surface area contributed by atoms with E-state index in [2.05, 4.69) is 21.1 Å². The van der Waals surface area contributed by atoms with Crippen LogP contribution in [0.1, 0.15) is 25.3 Å². The number of hydrogen-bond acceptors (Lipinski definition) is 7. The number of rotatable bonds is 5. The van der Waals surface area contributed by atoms with E-state index in [1.54, 1.807) is 23.1 Å². The molecule has 0 aromatic carbocycles. The number of ether oxygens (including phenoxy) is 2. The molecule has 154 valence electrons. The summed E-state index contributed by atoms with van der Waals surface area (Å²) in [6.45, 7) is 3.83. The lowest BCUT2D eigenvalue weighted by atomic mass is 10.0. The summed E-state index contributed by atoms with van der Waals surface area (Å²) < 4.78 is 12.5. The average Bonchev–Trinajstić information content (AvgIpc) is 3.16. The number of carbonyl (C=O) groups excluding carboxylic acids is 1. The molecule has 4 heterocycles. The van der Waals surface area contributed by atoms with Crippen LogP contribution in [-0.4, -0.2) is 46.5 Å². The highest BCUT2D eigenvalue weighted by molar-refractivity contribution is 5.85. The van der Waals surface area contributed by atoms with Gasteiger partial charge >= 0.3 is 6.09 Å². The zero-order valence-electron chi connectivity index (χ0n) is 16.6. The molecule has 1 aliphatic heterocycles. The third-order valence-corrected chi connectivity index (χ3v) is 5.06. The number of hydrogen-bond donors (Lipinski definition) is 1. The third-order valence-electron chi connectivity index (χ3n) is 5.06. The minimum Gasteiger partial charge on any atom is -0.492 e. The van der Waals surface area contributed by atoms with Crippen LogP contribution in [0.5, 0.6) is 5.75 Å². The van der Waals surface area contributed by atoms with Gasteiger partial charge in [-0.2, -0.15) is 10.4 Å². The van der Waals surface area contributed by atoms with E-state index in [4.69, 9.17) is 15.2 Å². The van der Waals surface area contributed by atoms with Gasteiger partial charge in [-0.05, 0) is 38.0 Å². The summed E-state index contributed by atoms with van der Waals surface area (Å²) in [5, 5.41) is 13.7. The summed E-state index contributed by atoms with van der Waals surface area (Å²) in [4.78, 5) is 17.7. The van der Waals surface area contributed by atoms with E-state index < -0.39 is 6.09 Å². The molecular formula is C21H22N6O3. The Morgan fingerprint density at radius 3 is 2.97 bits per heavy atom. The van der Waals surface area contributed by atoms with Crippen LogP contribution in [-0.2, 0) is 4.74 Å². The van der Waals surface area contributed by atoms with E-state index in [-0.39, 0.29) is 6.10 Å². The van der Waals surface area contributed by atoms with Crippen molar-refractivity contribution in [3.05, 3.63) is 42.4 Å². The second-order valence-electron chi connectivity index (χ2n) is 7.04. The molecule has 1 saturated heterocycles. The Bertz CT molecular complexity index is 1100. The van der Waals surface area contributed by atoms with Gasteiger partial charge < -0.3 is 20.1 Å². The molecule has 0 unspecified atom stereocenters. The maximum absolute atomic E-state index is 11.0. The van der Waals surface area contributed by atoms with E-state index in [0.717, 1.165) is 36.3 Å². The second kappa shape index (κ2) is 8.29. The van der Waals surface area contributed by atoms with Gasteiger partial charge in [0.05, 0.1) is 36.6 Å². The number of primary amides is 1. The third kappa shape index (κ3) is 3.85. The number of piperidine rings is 1. The molecular weight excluding hydrogens is 384 g/mol. The van der Waals surface area contributed by atoms with Crippen molar-refractivity contribution in [2.45, 2.75) is 25.9 Å². The van der Waals surface area contributed by atoms with Crippen LogP contribution in [0, 0.1) is 11.3 Å². The van der Waals surface area contributed by atoms with E-state index in [1.165, 1.54) is 0 Å². The van der Waals surface area contributed by atoms with Gasteiger partial charge in [0.25, 0.3) is 0 Å². The first-order valence-corrected chi connectivity index (χ1v) is 9.80. The lowest BCUT2D eigenvalue weighted by Crippen LogP contribution is -2.41. The van der Waals surface area contributed by atoms with Gasteiger partial charge in [0.1, 0.15) is 23.7 Å². The van der Waals surface area contributed by atoms with Crippen LogP contribution < -0.4 is 15.4 Å². The molecule has 3 aromatic rings. The quantitative estimate of drug-likeness (QED) is 0.692. The molecule has 1 atom stereocenters. The number of aromatic nitrogens is 3. The van der Waals surface area contributed by atoms with Crippen molar-refractivity contribution in [3.8, 4) is 22.9 Å². The van der Waals surface area contributed by atoms with Gasteiger partial charge in [-0.15, -0.1) is 0 Å². The van der Waals surface area contributed by atoms with E-state index >= 15 is 0 Å². The number of nitrogens with two attached hydrogens (primary N) is 1. The van der Waals surface area contributed by atoms with E-state index in [0.29, 0.717) is 30.0 Å². The van der Waals surface area contributed by atoms with Crippen LogP contribution >= 0.6 is 0 Å². The smallest absolute Gasteiger partial charge is 0.404 e. The van der Waals surface area contributed by atoms with Crippen molar-refractivity contribution >= 4 is 17.4 Å². The van der Waals surface area contributed by atoms with Crippen LogP contribution in [0.2, 0.25) is 0 Å². The number of fused-ring (bicyclic) bond motifs is 1. The Kier molecular flexibility index (Phi) is 5.39. The monoisotopic (exact) mass is 406 g/mol. The SMILES string of the molecule is CCOc1cc(-c2ccc(N3CCC[C@@H](OC(N)=O)C3)nc2)c2c(C#N)cnn2c1. The standard InChI is InChI=1S/C21H22N6O3/c1-2-29-17-8-18(20-15(9-22)11-25-27(20)13-17)14-5-6-19(24-10-14)26-7-3-4-16(12-26)30-21(23)28/h5-6,8,10-11,13,16H,2-4,7,12H2,1H3,(H2,23,28)/t16-/m1/s1. The summed E-state index contributed by atoms with van der Waals surface area (Å²) in [6.07, 6.45) is 5.77. The van der Waals surface area contributed by atoms with Gasteiger partial charge in [-0.3, -0.25) is 0 Å². The minimum absolute atomic E-state index is 0.231. The Morgan fingerprint density at radius 1 is 1.40 bits per heavy atom. The molecule has 0 spiro atoms. The van der Waals surface area contributed by atoms with Crippen molar-refractivity contribution in [2.75, 3.05) is 24.6 Å². The fourth-order valence-corrected chi connectivity index (χ4v) is 3.78. The normalized spacial score (nSPS) is 16.3. The van der Waals surface area contributed by atoms with Crippen LogP contribution in [0.4, 0.5) is 10.6 Å². The van der Waals surface area contributed by atoms with Crippen molar-refractivity contribution in [1.29, 1.82) is 5.26 Å². The van der Waals surface area contributed by atoms with Crippen molar-refractivity contribution < 1.29 is 14.3 Å². The molecule has 9 nitrogen and oxygen atoms in total. The van der Waals surface area contributed by atoms with E-state index in [9.17, 15) is 10.1 Å².